The fourth-order valence-corrected chi connectivity index (χ4v) is 4.64. The summed E-state index contributed by atoms with van der Waals surface area (Å²) in [5.74, 6) is 0.507. The van der Waals surface area contributed by atoms with Crippen LogP contribution < -0.4 is 19.7 Å². The first-order valence-corrected chi connectivity index (χ1v) is 10.3. The Labute approximate surface area is 175 Å². The summed E-state index contributed by atoms with van der Waals surface area (Å²) in [6, 6.07) is 10.8. The van der Waals surface area contributed by atoms with Crippen LogP contribution in [-0.2, 0) is 9.59 Å². The number of fused-ring (bicyclic) bond motifs is 2. The molecule has 0 aliphatic carbocycles. The summed E-state index contributed by atoms with van der Waals surface area (Å²) >= 11 is 7.36. The molecule has 3 aromatic rings. The summed E-state index contributed by atoms with van der Waals surface area (Å²) in [4.78, 5) is 31.3. The van der Waals surface area contributed by atoms with Crippen molar-refractivity contribution in [2.75, 3.05) is 30.0 Å². The Morgan fingerprint density at radius 1 is 1.17 bits per heavy atom. The van der Waals surface area contributed by atoms with E-state index >= 15 is 0 Å². The lowest BCUT2D eigenvalue weighted by molar-refractivity contribution is -0.122. The molecule has 3 heterocycles. The van der Waals surface area contributed by atoms with Crippen LogP contribution in [0.15, 0.2) is 36.4 Å². The van der Waals surface area contributed by atoms with E-state index in [9.17, 15) is 9.59 Å². The molecule has 1 atom stereocenters. The number of anilines is 2. The number of carbonyl (C=O) groups is 2. The van der Waals surface area contributed by atoms with E-state index in [2.05, 4.69) is 10.3 Å². The minimum absolute atomic E-state index is 0.0992. The van der Waals surface area contributed by atoms with Gasteiger partial charge in [-0.25, -0.2) is 4.98 Å². The summed E-state index contributed by atoms with van der Waals surface area (Å²) in [5, 5.41) is 3.96. The van der Waals surface area contributed by atoms with Crippen LogP contribution >= 0.6 is 22.9 Å². The van der Waals surface area contributed by atoms with Crippen molar-refractivity contribution >= 4 is 55.8 Å². The SMILES string of the molecule is O=C(Nc1nc2ccc(Cl)cc2s1)C1CC(=O)N(c2ccc3c(c2)OCCO3)C1. The van der Waals surface area contributed by atoms with Gasteiger partial charge in [0.05, 0.1) is 16.1 Å². The van der Waals surface area contributed by atoms with Gasteiger partial charge in [0.1, 0.15) is 13.2 Å². The van der Waals surface area contributed by atoms with Gasteiger partial charge in [0.25, 0.3) is 0 Å². The van der Waals surface area contributed by atoms with E-state index < -0.39 is 5.92 Å². The molecule has 29 heavy (non-hydrogen) atoms. The van der Waals surface area contributed by atoms with Gasteiger partial charge in [-0.05, 0) is 30.3 Å². The van der Waals surface area contributed by atoms with Crippen molar-refractivity contribution < 1.29 is 19.1 Å². The fraction of sp³-hybridized carbons (Fsp3) is 0.250. The van der Waals surface area contributed by atoms with Crippen molar-refractivity contribution in [3.63, 3.8) is 0 Å². The molecule has 1 saturated heterocycles. The molecule has 5 rings (SSSR count). The molecule has 0 bridgehead atoms. The van der Waals surface area contributed by atoms with Crippen molar-refractivity contribution in [1.29, 1.82) is 0 Å². The lowest BCUT2D eigenvalue weighted by Gasteiger charge is -2.22. The first-order valence-electron chi connectivity index (χ1n) is 9.14. The van der Waals surface area contributed by atoms with Crippen molar-refractivity contribution in [2.24, 2.45) is 5.92 Å². The van der Waals surface area contributed by atoms with Crippen molar-refractivity contribution in [3.05, 3.63) is 41.4 Å². The normalized spacial score (nSPS) is 18.3. The average molecular weight is 430 g/mol. The summed E-state index contributed by atoms with van der Waals surface area (Å²) in [7, 11) is 0. The molecule has 1 aromatic heterocycles. The van der Waals surface area contributed by atoms with Crippen LogP contribution in [-0.4, -0.2) is 36.6 Å². The van der Waals surface area contributed by atoms with E-state index in [1.807, 2.05) is 18.2 Å². The molecule has 0 saturated carbocycles. The largest absolute Gasteiger partial charge is 0.486 e. The predicted molar refractivity (Wildman–Crippen MR) is 111 cm³/mol. The zero-order chi connectivity index (χ0) is 20.0. The van der Waals surface area contributed by atoms with Gasteiger partial charge < -0.3 is 19.7 Å². The summed E-state index contributed by atoms with van der Waals surface area (Å²) < 4.78 is 12.0. The van der Waals surface area contributed by atoms with E-state index in [4.69, 9.17) is 21.1 Å². The minimum atomic E-state index is -0.452. The third-order valence-electron chi connectivity index (χ3n) is 4.91. The molecule has 2 amide bonds. The number of hydrogen-bond acceptors (Lipinski definition) is 6. The average Bonchev–Trinajstić information content (AvgIpc) is 3.30. The van der Waals surface area contributed by atoms with Gasteiger partial charge in [0.2, 0.25) is 11.8 Å². The number of halogens is 1. The van der Waals surface area contributed by atoms with E-state index in [1.54, 1.807) is 23.1 Å². The maximum absolute atomic E-state index is 12.7. The summed E-state index contributed by atoms with van der Waals surface area (Å²) in [6.07, 6.45) is 0.150. The molecule has 9 heteroatoms. The number of carbonyl (C=O) groups excluding carboxylic acids is 2. The molecule has 0 radical (unpaired) electrons. The molecule has 148 valence electrons. The Balaban J connectivity index is 1.31. The van der Waals surface area contributed by atoms with Crippen LogP contribution in [0.4, 0.5) is 10.8 Å². The summed E-state index contributed by atoms with van der Waals surface area (Å²) in [6.45, 7) is 1.29. The van der Waals surface area contributed by atoms with Gasteiger partial charge in [-0.1, -0.05) is 22.9 Å². The monoisotopic (exact) mass is 429 g/mol. The highest BCUT2D eigenvalue weighted by atomic mass is 35.5. The maximum Gasteiger partial charge on any atom is 0.231 e. The number of nitrogens with one attached hydrogen (secondary N) is 1. The van der Waals surface area contributed by atoms with Crippen LogP contribution in [0.1, 0.15) is 6.42 Å². The number of rotatable bonds is 3. The zero-order valence-electron chi connectivity index (χ0n) is 15.2. The van der Waals surface area contributed by atoms with Gasteiger partial charge >= 0.3 is 0 Å². The minimum Gasteiger partial charge on any atom is -0.486 e. The Bertz CT molecular complexity index is 1130. The highest BCUT2D eigenvalue weighted by molar-refractivity contribution is 7.22. The Morgan fingerprint density at radius 3 is 2.86 bits per heavy atom. The second kappa shape index (κ2) is 7.20. The number of amides is 2. The topological polar surface area (TPSA) is 80.8 Å². The number of hydrogen-bond donors (Lipinski definition) is 1. The van der Waals surface area contributed by atoms with Gasteiger partial charge in [0.15, 0.2) is 16.6 Å². The number of thiazole rings is 1. The van der Waals surface area contributed by atoms with Crippen molar-refractivity contribution in [3.8, 4) is 11.5 Å². The van der Waals surface area contributed by atoms with E-state index in [0.717, 1.165) is 10.2 Å². The Morgan fingerprint density at radius 2 is 2.00 bits per heavy atom. The molecular formula is C20H16ClN3O4S. The number of ether oxygens (including phenoxy) is 2. The lowest BCUT2D eigenvalue weighted by Crippen LogP contribution is -2.28. The van der Waals surface area contributed by atoms with Crippen LogP contribution in [0.3, 0.4) is 0 Å². The highest BCUT2D eigenvalue weighted by Gasteiger charge is 2.36. The second-order valence-corrected chi connectivity index (χ2v) is 8.32. The molecule has 2 aromatic carbocycles. The van der Waals surface area contributed by atoms with Crippen LogP contribution in [0, 0.1) is 5.92 Å². The number of aromatic nitrogens is 1. The number of nitrogens with zero attached hydrogens (tertiary/aromatic N) is 2. The highest BCUT2D eigenvalue weighted by Crippen LogP contribution is 2.36. The molecule has 2 aliphatic rings. The van der Waals surface area contributed by atoms with Crippen LogP contribution in [0.25, 0.3) is 10.2 Å². The lowest BCUT2D eigenvalue weighted by atomic mass is 10.1. The Hall–Kier alpha value is -2.84. The van der Waals surface area contributed by atoms with E-state index in [-0.39, 0.29) is 18.2 Å². The van der Waals surface area contributed by atoms with Gasteiger partial charge in [-0.15, -0.1) is 0 Å². The molecule has 2 aliphatic heterocycles. The van der Waals surface area contributed by atoms with Crippen molar-refractivity contribution in [1.82, 2.24) is 4.98 Å². The smallest absolute Gasteiger partial charge is 0.231 e. The zero-order valence-corrected chi connectivity index (χ0v) is 16.8. The molecule has 1 fully saturated rings. The van der Waals surface area contributed by atoms with E-state index in [0.29, 0.717) is 47.1 Å². The van der Waals surface area contributed by atoms with Gasteiger partial charge in [-0.3, -0.25) is 9.59 Å². The third-order valence-corrected chi connectivity index (χ3v) is 6.08. The molecule has 0 spiro atoms. The quantitative estimate of drug-likeness (QED) is 0.686. The van der Waals surface area contributed by atoms with Crippen LogP contribution in [0.5, 0.6) is 11.5 Å². The van der Waals surface area contributed by atoms with Gasteiger partial charge in [0, 0.05) is 29.7 Å². The standard InChI is InChI=1S/C20H16ClN3O4S/c21-12-1-3-14-17(8-12)29-20(22-14)23-19(26)11-7-18(25)24(10-11)13-2-4-15-16(9-13)28-6-5-27-15/h1-4,8-9,11H,5-7,10H2,(H,22,23,26). The van der Waals surface area contributed by atoms with Crippen LogP contribution in [0.2, 0.25) is 5.02 Å². The third kappa shape index (κ3) is 3.49. The maximum atomic E-state index is 12.7. The molecule has 7 nitrogen and oxygen atoms in total. The Kier molecular flexibility index (Phi) is 4.52. The fourth-order valence-electron chi connectivity index (χ4n) is 3.49. The summed E-state index contributed by atoms with van der Waals surface area (Å²) in [5.41, 5.74) is 1.47. The predicted octanol–water partition coefficient (Wildman–Crippen LogP) is 3.71. The van der Waals surface area contributed by atoms with E-state index in [1.165, 1.54) is 11.3 Å². The van der Waals surface area contributed by atoms with Crippen molar-refractivity contribution in [2.45, 2.75) is 6.42 Å². The molecular weight excluding hydrogens is 414 g/mol. The number of benzene rings is 2. The first-order chi connectivity index (χ1) is 14.1. The van der Waals surface area contributed by atoms with Gasteiger partial charge in [-0.2, -0.15) is 0 Å². The first kappa shape index (κ1) is 18.2. The molecule has 1 unspecified atom stereocenters. The second-order valence-electron chi connectivity index (χ2n) is 6.85. The molecule has 1 N–H and O–H groups in total.